The van der Waals surface area contributed by atoms with Crippen LogP contribution in [0.25, 0.3) is 16.7 Å². The van der Waals surface area contributed by atoms with Crippen molar-refractivity contribution in [2.75, 3.05) is 5.73 Å². The molecule has 0 saturated carbocycles. The quantitative estimate of drug-likeness (QED) is 0.781. The molecule has 0 bridgehead atoms. The third kappa shape index (κ3) is 2.29. The lowest BCUT2D eigenvalue weighted by Gasteiger charge is -2.12. The first-order valence-corrected chi connectivity index (χ1v) is 6.87. The molecule has 2 aromatic heterocycles. The average Bonchev–Trinajstić information content (AvgIpc) is 2.49. The van der Waals surface area contributed by atoms with E-state index in [9.17, 15) is 9.18 Å². The van der Waals surface area contributed by atoms with Crippen LogP contribution < -0.4 is 11.3 Å². The zero-order valence-corrected chi connectivity index (χ0v) is 12.3. The van der Waals surface area contributed by atoms with Crippen LogP contribution in [0.2, 0.25) is 5.02 Å². The molecule has 0 spiro atoms. The van der Waals surface area contributed by atoms with E-state index in [1.54, 1.807) is 0 Å². The van der Waals surface area contributed by atoms with E-state index >= 15 is 0 Å². The predicted molar refractivity (Wildman–Crippen MR) is 81.7 cm³/mol. The number of halogens is 2. The van der Waals surface area contributed by atoms with Crippen molar-refractivity contribution in [3.05, 3.63) is 51.5 Å². The third-order valence-corrected chi connectivity index (χ3v) is 3.45. The lowest BCUT2D eigenvalue weighted by atomic mass is 10.2. The van der Waals surface area contributed by atoms with E-state index in [-0.39, 0.29) is 27.6 Å². The molecule has 3 aromatic rings. The topological polar surface area (TPSA) is 86.7 Å². The number of hydrogen-bond donors (Lipinski definition) is 1. The Morgan fingerprint density at radius 3 is 2.73 bits per heavy atom. The molecule has 8 heteroatoms. The van der Waals surface area contributed by atoms with Crippen LogP contribution in [0.1, 0.15) is 12.7 Å². The van der Waals surface area contributed by atoms with Gasteiger partial charge in [-0.3, -0.25) is 4.79 Å². The number of nitrogen functional groups attached to an aromatic ring is 1. The van der Waals surface area contributed by atoms with Gasteiger partial charge < -0.3 is 5.73 Å². The number of benzene rings is 1. The molecule has 2 N–H and O–H groups in total. The van der Waals surface area contributed by atoms with Crippen LogP contribution in [-0.4, -0.2) is 19.5 Å². The van der Waals surface area contributed by atoms with Crippen LogP contribution in [0.4, 0.5) is 10.2 Å². The van der Waals surface area contributed by atoms with E-state index in [1.807, 2.05) is 6.92 Å². The van der Waals surface area contributed by atoms with E-state index in [4.69, 9.17) is 17.3 Å². The predicted octanol–water partition coefficient (Wildman–Crippen LogP) is 2.11. The number of fused-ring (bicyclic) bond motifs is 1. The summed E-state index contributed by atoms with van der Waals surface area (Å²) in [5.74, 6) is 0.351. The molecule has 0 saturated heterocycles. The molecule has 0 aliphatic rings. The van der Waals surface area contributed by atoms with Crippen LogP contribution in [0.5, 0.6) is 0 Å². The summed E-state index contributed by atoms with van der Waals surface area (Å²) in [4.78, 5) is 25.0. The molecule has 112 valence electrons. The summed E-state index contributed by atoms with van der Waals surface area (Å²) in [5.41, 5.74) is 5.31. The molecule has 6 nitrogen and oxygen atoms in total. The normalized spacial score (nSPS) is 11.0. The highest BCUT2D eigenvalue weighted by Gasteiger charge is 2.15. The first-order valence-electron chi connectivity index (χ1n) is 6.50. The second kappa shape index (κ2) is 5.34. The van der Waals surface area contributed by atoms with Crippen molar-refractivity contribution in [3.8, 4) is 5.82 Å². The van der Waals surface area contributed by atoms with E-state index < -0.39 is 11.4 Å². The molecule has 1 aromatic carbocycles. The molecule has 0 aliphatic heterocycles. The van der Waals surface area contributed by atoms with Crippen molar-refractivity contribution in [2.45, 2.75) is 13.3 Å². The molecule has 0 fully saturated rings. The number of nitrogens with zero attached hydrogens (tertiary/aromatic N) is 4. The monoisotopic (exact) mass is 319 g/mol. The fourth-order valence-corrected chi connectivity index (χ4v) is 2.43. The maximum Gasteiger partial charge on any atom is 0.267 e. The number of aryl methyl sites for hydroxylation is 1. The lowest BCUT2D eigenvalue weighted by Crippen LogP contribution is -2.25. The van der Waals surface area contributed by atoms with E-state index in [1.165, 1.54) is 17.0 Å². The Bertz CT molecular complexity index is 923. The summed E-state index contributed by atoms with van der Waals surface area (Å²) in [6.45, 7) is 1.84. The lowest BCUT2D eigenvalue weighted by molar-refractivity contribution is 0.629. The Balaban J connectivity index is 2.41. The summed E-state index contributed by atoms with van der Waals surface area (Å²) < 4.78 is 14.8. The first kappa shape index (κ1) is 14.4. The average molecular weight is 320 g/mol. The van der Waals surface area contributed by atoms with Crippen LogP contribution in [-0.2, 0) is 6.42 Å². The molecule has 0 atom stereocenters. The molecular formula is C14H11ClFN5O. The third-order valence-electron chi connectivity index (χ3n) is 3.16. The maximum absolute atomic E-state index is 13.5. The molecule has 0 unspecified atom stereocenters. The van der Waals surface area contributed by atoms with Crippen molar-refractivity contribution >= 4 is 28.3 Å². The summed E-state index contributed by atoms with van der Waals surface area (Å²) in [5, 5.41) is 0.179. The number of aromatic nitrogens is 4. The number of hydrogen-bond acceptors (Lipinski definition) is 5. The molecule has 2 heterocycles. The fraction of sp³-hybridized carbons (Fsp3) is 0.143. The largest absolute Gasteiger partial charge is 0.382 e. The van der Waals surface area contributed by atoms with Gasteiger partial charge in [-0.15, -0.1) is 0 Å². The SMILES string of the molecule is CCc1nc2c(Cl)cc(F)cc2c(=O)n1-c1cnc(N)cn1. The summed E-state index contributed by atoms with van der Waals surface area (Å²) in [6.07, 6.45) is 3.17. The van der Waals surface area contributed by atoms with Crippen LogP contribution in [0.15, 0.2) is 29.3 Å². The Labute approximate surface area is 129 Å². The Hall–Kier alpha value is -2.54. The van der Waals surface area contributed by atoms with Crippen molar-refractivity contribution in [2.24, 2.45) is 0 Å². The van der Waals surface area contributed by atoms with Crippen LogP contribution in [0, 0.1) is 5.82 Å². The summed E-state index contributed by atoms with van der Waals surface area (Å²) >= 11 is 5.99. The van der Waals surface area contributed by atoms with Gasteiger partial charge in [0.25, 0.3) is 5.56 Å². The second-order valence-corrected chi connectivity index (χ2v) is 5.01. The smallest absolute Gasteiger partial charge is 0.267 e. The molecule has 0 amide bonds. The van der Waals surface area contributed by atoms with E-state index in [2.05, 4.69) is 15.0 Å². The first-order chi connectivity index (χ1) is 10.5. The van der Waals surface area contributed by atoms with Crippen molar-refractivity contribution in [1.82, 2.24) is 19.5 Å². The maximum atomic E-state index is 13.5. The molecular weight excluding hydrogens is 309 g/mol. The minimum atomic E-state index is -0.601. The second-order valence-electron chi connectivity index (χ2n) is 4.61. The van der Waals surface area contributed by atoms with Crippen LogP contribution >= 0.6 is 11.6 Å². The number of rotatable bonds is 2. The minimum absolute atomic E-state index is 0.0841. The summed E-state index contributed by atoms with van der Waals surface area (Å²) in [7, 11) is 0. The molecule has 22 heavy (non-hydrogen) atoms. The van der Waals surface area contributed by atoms with Crippen molar-refractivity contribution < 1.29 is 4.39 Å². The zero-order chi connectivity index (χ0) is 15.9. The van der Waals surface area contributed by atoms with Gasteiger partial charge in [0.2, 0.25) is 0 Å². The van der Waals surface area contributed by atoms with Gasteiger partial charge in [-0.05, 0) is 12.1 Å². The van der Waals surface area contributed by atoms with E-state index in [0.29, 0.717) is 12.2 Å². The highest BCUT2D eigenvalue weighted by Crippen LogP contribution is 2.22. The Kier molecular flexibility index (Phi) is 3.50. The van der Waals surface area contributed by atoms with Gasteiger partial charge in [0.15, 0.2) is 5.82 Å². The standard InChI is InChI=1S/C14H11ClFN5O/c1-2-11-20-13-8(3-7(16)4-9(13)15)14(22)21(11)12-6-18-10(17)5-19-12/h3-6H,2H2,1H3,(H2,17,18). The number of nitrogens with two attached hydrogens (primary N) is 1. The van der Waals surface area contributed by atoms with Gasteiger partial charge >= 0.3 is 0 Å². The van der Waals surface area contributed by atoms with Crippen molar-refractivity contribution in [1.29, 1.82) is 0 Å². The van der Waals surface area contributed by atoms with Crippen LogP contribution in [0.3, 0.4) is 0 Å². The minimum Gasteiger partial charge on any atom is -0.382 e. The van der Waals surface area contributed by atoms with Gasteiger partial charge in [0.05, 0.1) is 28.3 Å². The van der Waals surface area contributed by atoms with Gasteiger partial charge in [0.1, 0.15) is 17.5 Å². The van der Waals surface area contributed by atoms with Gasteiger partial charge in [-0.1, -0.05) is 18.5 Å². The highest BCUT2D eigenvalue weighted by atomic mass is 35.5. The zero-order valence-electron chi connectivity index (χ0n) is 11.5. The Morgan fingerprint density at radius 2 is 2.09 bits per heavy atom. The van der Waals surface area contributed by atoms with Crippen molar-refractivity contribution in [3.63, 3.8) is 0 Å². The molecule has 0 radical (unpaired) electrons. The van der Waals surface area contributed by atoms with Gasteiger partial charge in [-0.2, -0.15) is 0 Å². The Morgan fingerprint density at radius 1 is 1.32 bits per heavy atom. The summed E-state index contributed by atoms with van der Waals surface area (Å²) in [6, 6.07) is 2.24. The fourth-order valence-electron chi connectivity index (χ4n) is 2.18. The van der Waals surface area contributed by atoms with Gasteiger partial charge in [0, 0.05) is 6.42 Å². The highest BCUT2D eigenvalue weighted by molar-refractivity contribution is 6.35. The molecule has 3 rings (SSSR count). The van der Waals surface area contributed by atoms with E-state index in [0.717, 1.165) is 12.1 Å². The molecule has 0 aliphatic carbocycles. The van der Waals surface area contributed by atoms with Gasteiger partial charge in [-0.25, -0.2) is 23.9 Å². The number of anilines is 1.